The van der Waals surface area contributed by atoms with Gasteiger partial charge < -0.3 is 19.4 Å². The predicted molar refractivity (Wildman–Crippen MR) is 129 cm³/mol. The van der Waals surface area contributed by atoms with Gasteiger partial charge in [0, 0.05) is 0 Å². The quantitative estimate of drug-likeness (QED) is 0.115. The second-order valence-corrected chi connectivity index (χ2v) is 9.29. The fourth-order valence-corrected chi connectivity index (χ4v) is 3.87. The molecule has 0 spiro atoms. The monoisotopic (exact) mass is 464 g/mol. The molecule has 0 heterocycles. The van der Waals surface area contributed by atoms with Gasteiger partial charge in [-0.25, -0.2) is 0 Å². The summed E-state index contributed by atoms with van der Waals surface area (Å²) in [6.45, 7) is 6.81. The zero-order chi connectivity index (χ0) is 23.0. The Balaban J connectivity index is 0. The second kappa shape index (κ2) is 26.0. The van der Waals surface area contributed by atoms with Crippen molar-refractivity contribution >= 4 is 5.97 Å². The van der Waals surface area contributed by atoms with Gasteiger partial charge in [-0.3, -0.25) is 0 Å². The number of ether oxygens (including phenoxy) is 2. The van der Waals surface area contributed by atoms with Crippen molar-refractivity contribution in [2.75, 3.05) is 13.2 Å². The van der Waals surface area contributed by atoms with Gasteiger partial charge in [-0.1, -0.05) is 129 Å². The molecule has 0 atom stereocenters. The van der Waals surface area contributed by atoms with Crippen molar-refractivity contribution in [1.29, 1.82) is 0 Å². The Bertz CT molecular complexity index is 364. The molecular formula is C27H53NaO4. The third-order valence-corrected chi connectivity index (χ3v) is 6.12. The van der Waals surface area contributed by atoms with Crippen LogP contribution in [-0.2, 0) is 14.3 Å². The van der Waals surface area contributed by atoms with Crippen LogP contribution < -0.4 is 34.7 Å². The van der Waals surface area contributed by atoms with E-state index in [0.29, 0.717) is 13.2 Å². The summed E-state index contributed by atoms with van der Waals surface area (Å²) >= 11 is 0. The summed E-state index contributed by atoms with van der Waals surface area (Å²) in [6, 6.07) is 0. The maximum Gasteiger partial charge on any atom is 1.00 e. The molecule has 0 rings (SSSR count). The Labute approximate surface area is 222 Å². The molecule has 0 aromatic carbocycles. The minimum Gasteiger partial charge on any atom is -0.544 e. The average Bonchev–Trinajstić information content (AvgIpc) is 2.75. The van der Waals surface area contributed by atoms with Crippen LogP contribution in [0.15, 0.2) is 0 Å². The van der Waals surface area contributed by atoms with E-state index < -0.39 is 11.8 Å². The number of rotatable bonds is 25. The van der Waals surface area contributed by atoms with Gasteiger partial charge in [0.1, 0.15) is 5.97 Å². The van der Waals surface area contributed by atoms with Crippen molar-refractivity contribution in [2.24, 2.45) is 0 Å². The molecule has 0 fully saturated rings. The third-order valence-electron chi connectivity index (χ3n) is 6.12. The van der Waals surface area contributed by atoms with Crippen molar-refractivity contribution < 1.29 is 48.9 Å². The first-order valence-corrected chi connectivity index (χ1v) is 13.6. The van der Waals surface area contributed by atoms with Gasteiger partial charge in [0.15, 0.2) is 0 Å². The summed E-state index contributed by atoms with van der Waals surface area (Å²) in [5.41, 5.74) is 0. The van der Waals surface area contributed by atoms with E-state index in [1.807, 2.05) is 0 Å². The summed E-state index contributed by atoms with van der Waals surface area (Å²) < 4.78 is 11.1. The molecule has 0 aliphatic rings. The molecule has 32 heavy (non-hydrogen) atoms. The molecular weight excluding hydrogens is 411 g/mol. The van der Waals surface area contributed by atoms with Crippen LogP contribution >= 0.6 is 0 Å². The second-order valence-electron chi connectivity index (χ2n) is 9.29. The smallest absolute Gasteiger partial charge is 0.544 e. The molecule has 0 radical (unpaired) electrons. The van der Waals surface area contributed by atoms with Crippen LogP contribution in [0.2, 0.25) is 0 Å². The first-order valence-electron chi connectivity index (χ1n) is 13.6. The summed E-state index contributed by atoms with van der Waals surface area (Å²) in [4.78, 5) is 11.5. The van der Waals surface area contributed by atoms with Gasteiger partial charge in [-0.2, -0.15) is 0 Å². The Hall–Kier alpha value is 0.390. The van der Waals surface area contributed by atoms with Crippen LogP contribution in [0.25, 0.3) is 0 Å². The average molecular weight is 465 g/mol. The zero-order valence-electron chi connectivity index (χ0n) is 22.2. The van der Waals surface area contributed by atoms with Gasteiger partial charge in [-0.05, 0) is 19.8 Å². The van der Waals surface area contributed by atoms with E-state index in [1.54, 1.807) is 0 Å². The number of carbonyl (C=O) groups is 1. The molecule has 0 aliphatic heterocycles. The van der Waals surface area contributed by atoms with Crippen LogP contribution in [0.1, 0.15) is 149 Å². The number of carboxylic acids is 1. The van der Waals surface area contributed by atoms with E-state index in [0.717, 1.165) is 25.7 Å². The number of carboxylic acid groups (broad SMARTS) is 1. The Morgan fingerprint density at radius 3 is 1.06 bits per heavy atom. The first-order chi connectivity index (χ1) is 15.1. The maximum atomic E-state index is 11.5. The standard InChI is InChI=1S/C27H54O4.Na/c1-4-6-8-10-12-14-16-18-20-22-24-30-27(3,26(28)29)31-25-23-21-19-17-15-13-11-9-7-5-2;/h4-25H2,1-3H3,(H,28,29);/q;+1/p-1. The molecule has 0 N–H and O–H groups in total. The van der Waals surface area contributed by atoms with E-state index in [9.17, 15) is 9.90 Å². The zero-order valence-corrected chi connectivity index (χ0v) is 24.2. The molecule has 0 aromatic heterocycles. The summed E-state index contributed by atoms with van der Waals surface area (Å²) in [5.74, 6) is -2.88. The minimum atomic E-state index is -1.61. The topological polar surface area (TPSA) is 58.6 Å². The molecule has 4 nitrogen and oxygen atoms in total. The molecule has 0 aromatic rings. The molecule has 186 valence electrons. The number of aliphatic carboxylic acids is 1. The normalized spacial score (nSPS) is 11.5. The van der Waals surface area contributed by atoms with Crippen molar-refractivity contribution in [1.82, 2.24) is 0 Å². The van der Waals surface area contributed by atoms with E-state index in [4.69, 9.17) is 9.47 Å². The number of carbonyl (C=O) groups excluding carboxylic acids is 1. The van der Waals surface area contributed by atoms with Gasteiger partial charge in [-0.15, -0.1) is 0 Å². The van der Waals surface area contributed by atoms with Crippen LogP contribution in [0.5, 0.6) is 0 Å². The van der Waals surface area contributed by atoms with Gasteiger partial charge in [0.25, 0.3) is 0 Å². The van der Waals surface area contributed by atoms with Crippen molar-refractivity contribution in [3.8, 4) is 0 Å². The van der Waals surface area contributed by atoms with Gasteiger partial charge >= 0.3 is 29.6 Å². The fourth-order valence-electron chi connectivity index (χ4n) is 3.87. The van der Waals surface area contributed by atoms with Crippen molar-refractivity contribution in [2.45, 2.75) is 155 Å². The minimum absolute atomic E-state index is 0. The van der Waals surface area contributed by atoms with E-state index >= 15 is 0 Å². The molecule has 0 aliphatic carbocycles. The number of hydrogen-bond donors (Lipinski definition) is 0. The molecule has 5 heteroatoms. The van der Waals surface area contributed by atoms with Crippen LogP contribution in [0.3, 0.4) is 0 Å². The Morgan fingerprint density at radius 2 is 0.812 bits per heavy atom. The predicted octanol–water partition coefficient (Wildman–Crippen LogP) is 4.33. The summed E-state index contributed by atoms with van der Waals surface area (Å²) in [5, 5.41) is 11.5. The molecule has 0 amide bonds. The molecule has 0 saturated heterocycles. The molecule has 0 bridgehead atoms. The van der Waals surface area contributed by atoms with Crippen LogP contribution in [0.4, 0.5) is 0 Å². The Morgan fingerprint density at radius 1 is 0.562 bits per heavy atom. The largest absolute Gasteiger partial charge is 1.00 e. The van der Waals surface area contributed by atoms with Crippen LogP contribution in [-0.4, -0.2) is 25.0 Å². The fraction of sp³-hybridized carbons (Fsp3) is 0.963. The summed E-state index contributed by atoms with van der Waals surface area (Å²) in [6.07, 6.45) is 24.9. The van der Waals surface area contributed by atoms with Gasteiger partial charge in [0.05, 0.1) is 13.2 Å². The van der Waals surface area contributed by atoms with Crippen molar-refractivity contribution in [3.63, 3.8) is 0 Å². The first kappa shape index (κ1) is 34.6. The van der Waals surface area contributed by atoms with E-state index in [2.05, 4.69) is 13.8 Å². The molecule has 0 saturated carbocycles. The maximum absolute atomic E-state index is 11.5. The Kier molecular flexibility index (Phi) is 28.1. The van der Waals surface area contributed by atoms with E-state index in [1.165, 1.54) is 110 Å². The van der Waals surface area contributed by atoms with Crippen LogP contribution in [0, 0.1) is 0 Å². The number of unbranched alkanes of at least 4 members (excludes halogenated alkanes) is 18. The van der Waals surface area contributed by atoms with Gasteiger partial charge in [0.2, 0.25) is 5.79 Å². The summed E-state index contributed by atoms with van der Waals surface area (Å²) in [7, 11) is 0. The SMILES string of the molecule is CCCCCCCCCCCCOC(C)(OCCCCCCCCCCCC)C(=O)[O-].[Na+]. The van der Waals surface area contributed by atoms with Crippen molar-refractivity contribution in [3.05, 3.63) is 0 Å². The third kappa shape index (κ3) is 22.2. The number of hydrogen-bond acceptors (Lipinski definition) is 4. The molecule has 0 unspecified atom stereocenters. The van der Waals surface area contributed by atoms with E-state index in [-0.39, 0.29) is 29.6 Å².